The molecule has 0 saturated heterocycles. The van der Waals surface area contributed by atoms with E-state index in [1.807, 2.05) is 18.2 Å². The van der Waals surface area contributed by atoms with Gasteiger partial charge in [-0.15, -0.1) is 0 Å². The molecule has 1 aromatic heterocycles. The third kappa shape index (κ3) is 4.57. The quantitative estimate of drug-likeness (QED) is 0.748. The topological polar surface area (TPSA) is 101 Å². The fourth-order valence-corrected chi connectivity index (χ4v) is 3.45. The van der Waals surface area contributed by atoms with Gasteiger partial charge in [0, 0.05) is 19.2 Å². The Morgan fingerprint density at radius 2 is 2.00 bits per heavy atom. The Hall–Kier alpha value is -3.16. The Balaban J connectivity index is 1.52. The summed E-state index contributed by atoms with van der Waals surface area (Å²) in [5.74, 6) is -0.886. The molecule has 0 radical (unpaired) electrons. The number of aryl methyl sites for hydroxylation is 2. The second kappa shape index (κ2) is 8.69. The average Bonchev–Trinajstić information content (AvgIpc) is 2.71. The van der Waals surface area contributed by atoms with E-state index in [9.17, 15) is 19.2 Å². The minimum Gasteiger partial charge on any atom is -0.456 e. The summed E-state index contributed by atoms with van der Waals surface area (Å²) >= 11 is 0. The summed E-state index contributed by atoms with van der Waals surface area (Å²) in [5, 5.41) is 2.33. The third-order valence-electron chi connectivity index (χ3n) is 4.98. The lowest BCUT2D eigenvalue weighted by molar-refractivity contribution is -0.152. The Bertz CT molecular complexity index is 978. The molecule has 0 unspecified atom stereocenters. The number of ether oxygens (including phenoxy) is 1. The number of rotatable bonds is 6. The van der Waals surface area contributed by atoms with E-state index >= 15 is 0 Å². The van der Waals surface area contributed by atoms with E-state index in [2.05, 4.69) is 11.2 Å². The van der Waals surface area contributed by atoms with Crippen LogP contribution < -0.4 is 11.1 Å². The number of benzene rings is 1. The van der Waals surface area contributed by atoms with Crippen molar-refractivity contribution in [2.45, 2.75) is 38.3 Å². The minimum absolute atomic E-state index is 0.0201. The first-order chi connectivity index (χ1) is 13.5. The molecule has 148 valence electrons. The smallest absolute Gasteiger partial charge is 0.308 e. The van der Waals surface area contributed by atoms with Gasteiger partial charge in [-0.05, 0) is 30.4 Å². The number of nitrogens with zero attached hydrogens (tertiary/aromatic N) is 2. The molecule has 1 N–H and O–H groups in total. The summed E-state index contributed by atoms with van der Waals surface area (Å²) in [6.45, 7) is -0.373. The van der Waals surface area contributed by atoms with E-state index in [4.69, 9.17) is 4.74 Å². The van der Waals surface area contributed by atoms with Gasteiger partial charge in [0.1, 0.15) is 0 Å². The van der Waals surface area contributed by atoms with Gasteiger partial charge < -0.3 is 9.64 Å². The number of aromatic amines is 1. The second-order valence-electron chi connectivity index (χ2n) is 6.82. The Morgan fingerprint density at radius 3 is 2.82 bits per heavy atom. The molecule has 0 spiro atoms. The van der Waals surface area contributed by atoms with Crippen LogP contribution in [0, 0.1) is 0 Å². The van der Waals surface area contributed by atoms with Gasteiger partial charge in [0.05, 0.1) is 19.0 Å². The molecule has 2 aromatic rings. The summed E-state index contributed by atoms with van der Waals surface area (Å²) in [7, 11) is 1.72. The van der Waals surface area contributed by atoms with Crippen LogP contribution >= 0.6 is 0 Å². The molecular weight excluding hydrogens is 362 g/mol. The number of fused-ring (bicyclic) bond motifs is 1. The van der Waals surface area contributed by atoms with Gasteiger partial charge in [-0.25, -0.2) is 4.68 Å². The van der Waals surface area contributed by atoms with Gasteiger partial charge in [-0.3, -0.25) is 24.3 Å². The number of amides is 1. The van der Waals surface area contributed by atoms with Crippen LogP contribution in [0.25, 0.3) is 0 Å². The van der Waals surface area contributed by atoms with Gasteiger partial charge in [-0.1, -0.05) is 24.3 Å². The number of esters is 1. The summed E-state index contributed by atoms with van der Waals surface area (Å²) in [6.07, 6.45) is 2.76. The average molecular weight is 385 g/mol. The first-order valence-corrected chi connectivity index (χ1v) is 9.25. The van der Waals surface area contributed by atoms with Gasteiger partial charge in [0.15, 0.2) is 6.61 Å². The van der Waals surface area contributed by atoms with Crippen LogP contribution in [0.5, 0.6) is 0 Å². The van der Waals surface area contributed by atoms with E-state index in [0.29, 0.717) is 0 Å². The van der Waals surface area contributed by atoms with E-state index < -0.39 is 17.1 Å². The SMILES string of the molecule is CN(C(=O)COC(=O)CCn1[nH]c(=O)ccc1=O)[C@@H]1CCCc2ccccc21. The molecule has 0 saturated carbocycles. The maximum Gasteiger partial charge on any atom is 0.308 e. The molecule has 1 aliphatic rings. The second-order valence-corrected chi connectivity index (χ2v) is 6.82. The molecule has 1 amide bonds. The first-order valence-electron chi connectivity index (χ1n) is 9.25. The zero-order valence-electron chi connectivity index (χ0n) is 15.7. The molecule has 8 nitrogen and oxygen atoms in total. The van der Waals surface area contributed by atoms with Gasteiger partial charge in [-0.2, -0.15) is 0 Å². The highest BCUT2D eigenvalue weighted by atomic mass is 16.5. The lowest BCUT2D eigenvalue weighted by Crippen LogP contribution is -2.36. The number of H-pyrrole nitrogens is 1. The Labute approximate surface area is 161 Å². The van der Waals surface area contributed by atoms with Gasteiger partial charge in [0.25, 0.3) is 17.0 Å². The van der Waals surface area contributed by atoms with Crippen molar-refractivity contribution in [1.29, 1.82) is 0 Å². The van der Waals surface area contributed by atoms with Crippen LogP contribution in [0.4, 0.5) is 0 Å². The zero-order valence-corrected chi connectivity index (χ0v) is 15.7. The highest BCUT2D eigenvalue weighted by Crippen LogP contribution is 2.33. The van der Waals surface area contributed by atoms with Crippen LogP contribution in [-0.2, 0) is 27.3 Å². The van der Waals surface area contributed by atoms with Crippen molar-refractivity contribution in [2.24, 2.45) is 0 Å². The molecular formula is C20H23N3O5. The summed E-state index contributed by atoms with van der Waals surface area (Å²) in [5.41, 5.74) is 1.54. The molecule has 1 aromatic carbocycles. The van der Waals surface area contributed by atoms with Crippen molar-refractivity contribution in [3.05, 3.63) is 68.2 Å². The maximum absolute atomic E-state index is 12.5. The van der Waals surface area contributed by atoms with Crippen LogP contribution in [0.3, 0.4) is 0 Å². The van der Waals surface area contributed by atoms with E-state index in [1.165, 1.54) is 5.56 Å². The lowest BCUT2D eigenvalue weighted by atomic mass is 9.87. The predicted molar refractivity (Wildman–Crippen MR) is 102 cm³/mol. The zero-order chi connectivity index (χ0) is 20.1. The van der Waals surface area contributed by atoms with Crippen molar-refractivity contribution < 1.29 is 14.3 Å². The number of nitrogens with one attached hydrogen (secondary N) is 1. The predicted octanol–water partition coefficient (Wildman–Crippen LogP) is 1.01. The Morgan fingerprint density at radius 1 is 1.21 bits per heavy atom. The molecule has 0 fully saturated rings. The van der Waals surface area contributed by atoms with E-state index in [-0.39, 0.29) is 31.5 Å². The van der Waals surface area contributed by atoms with Crippen LogP contribution in [0.15, 0.2) is 46.0 Å². The molecule has 0 bridgehead atoms. The highest BCUT2D eigenvalue weighted by Gasteiger charge is 2.26. The number of likely N-dealkylation sites (N-methyl/N-ethyl adjacent to an activating group) is 1. The molecule has 28 heavy (non-hydrogen) atoms. The number of carbonyl (C=O) groups excluding carboxylic acids is 2. The van der Waals surface area contributed by atoms with E-state index in [0.717, 1.165) is 41.6 Å². The van der Waals surface area contributed by atoms with Crippen molar-refractivity contribution in [2.75, 3.05) is 13.7 Å². The third-order valence-corrected chi connectivity index (χ3v) is 4.98. The van der Waals surface area contributed by atoms with Crippen LogP contribution in [0.1, 0.15) is 36.4 Å². The molecule has 1 aliphatic carbocycles. The van der Waals surface area contributed by atoms with Crippen molar-refractivity contribution in [3.63, 3.8) is 0 Å². The Kier molecular flexibility index (Phi) is 6.08. The lowest BCUT2D eigenvalue weighted by Gasteiger charge is -2.33. The fourth-order valence-electron chi connectivity index (χ4n) is 3.45. The van der Waals surface area contributed by atoms with Crippen molar-refractivity contribution in [3.8, 4) is 0 Å². The molecule has 1 heterocycles. The molecule has 8 heteroatoms. The molecule has 1 atom stereocenters. The van der Waals surface area contributed by atoms with Crippen molar-refractivity contribution >= 4 is 11.9 Å². The standard InChI is InChI=1S/C20H23N3O5/c1-22(16-8-4-6-14-5-2-3-7-15(14)16)19(26)13-28-20(27)11-12-23-18(25)10-9-17(24)21-23/h2-3,5,7,9-10,16H,4,6,8,11-13H2,1H3,(H,21,24)/t16-/m1/s1. The summed E-state index contributed by atoms with van der Waals surface area (Å²) in [4.78, 5) is 48.8. The number of hydrogen-bond donors (Lipinski definition) is 1. The number of hydrogen-bond acceptors (Lipinski definition) is 5. The van der Waals surface area contributed by atoms with Crippen LogP contribution in [0.2, 0.25) is 0 Å². The number of aromatic nitrogens is 2. The molecule has 0 aliphatic heterocycles. The van der Waals surface area contributed by atoms with Crippen molar-refractivity contribution in [1.82, 2.24) is 14.7 Å². The van der Waals surface area contributed by atoms with E-state index in [1.54, 1.807) is 11.9 Å². The van der Waals surface area contributed by atoms with Gasteiger partial charge >= 0.3 is 5.97 Å². The summed E-state index contributed by atoms with van der Waals surface area (Å²) < 4.78 is 6.10. The van der Waals surface area contributed by atoms with Crippen LogP contribution in [-0.4, -0.2) is 40.2 Å². The van der Waals surface area contributed by atoms with Gasteiger partial charge in [0.2, 0.25) is 0 Å². The minimum atomic E-state index is -0.609. The first kappa shape index (κ1) is 19.6. The monoisotopic (exact) mass is 385 g/mol. The number of carbonyl (C=O) groups is 2. The normalized spacial score (nSPS) is 15.5. The maximum atomic E-state index is 12.5. The largest absolute Gasteiger partial charge is 0.456 e. The fraction of sp³-hybridized carbons (Fsp3) is 0.400. The molecule has 3 rings (SSSR count). The summed E-state index contributed by atoms with van der Waals surface area (Å²) in [6, 6.07) is 10.3. The highest BCUT2D eigenvalue weighted by molar-refractivity contribution is 5.80.